The molecule has 1 heterocycles. The number of hydrogen-bond donors (Lipinski definition) is 1. The van der Waals surface area contributed by atoms with Crippen molar-refractivity contribution in [2.75, 3.05) is 12.4 Å². The van der Waals surface area contributed by atoms with E-state index in [1.54, 1.807) is 41.9 Å². The Balaban J connectivity index is 1.80. The number of benzene rings is 3. The molecule has 34 heavy (non-hydrogen) atoms. The number of halogens is 2. The first-order valence-electron chi connectivity index (χ1n) is 10.8. The molecule has 0 saturated heterocycles. The molecule has 4 aromatic rings. The number of urea groups is 1. The van der Waals surface area contributed by atoms with Crippen molar-refractivity contribution in [1.29, 1.82) is 0 Å². The van der Waals surface area contributed by atoms with Crippen LogP contribution in [0.4, 0.5) is 10.5 Å². The molecule has 0 aliphatic heterocycles. The summed E-state index contributed by atoms with van der Waals surface area (Å²) in [6, 6.07) is 17.1. The second-order valence-corrected chi connectivity index (χ2v) is 9.08. The Morgan fingerprint density at radius 3 is 2.50 bits per heavy atom. The molecule has 0 aliphatic rings. The van der Waals surface area contributed by atoms with Gasteiger partial charge in [0.25, 0.3) is 5.56 Å². The maximum absolute atomic E-state index is 13.6. The van der Waals surface area contributed by atoms with Gasteiger partial charge in [0.15, 0.2) is 0 Å². The molecule has 4 rings (SSSR count). The van der Waals surface area contributed by atoms with E-state index in [0.29, 0.717) is 32.5 Å². The zero-order valence-electron chi connectivity index (χ0n) is 19.3. The second kappa shape index (κ2) is 9.49. The summed E-state index contributed by atoms with van der Waals surface area (Å²) in [6.45, 7) is 5.76. The van der Waals surface area contributed by atoms with Crippen LogP contribution in [0.2, 0.25) is 10.0 Å². The lowest BCUT2D eigenvalue weighted by Crippen LogP contribution is -2.37. The molecule has 1 N–H and O–H groups in total. The fraction of sp³-hybridized carbons (Fsp3) is 0.192. The van der Waals surface area contributed by atoms with Crippen LogP contribution in [0.15, 0.2) is 65.5 Å². The normalized spacial score (nSPS) is 11.9. The fourth-order valence-electron chi connectivity index (χ4n) is 3.76. The summed E-state index contributed by atoms with van der Waals surface area (Å²) in [7, 11) is 1.66. The number of anilines is 1. The van der Waals surface area contributed by atoms with Crippen LogP contribution < -0.4 is 10.9 Å². The van der Waals surface area contributed by atoms with Gasteiger partial charge in [-0.25, -0.2) is 9.78 Å². The van der Waals surface area contributed by atoms with Gasteiger partial charge in [0.1, 0.15) is 5.82 Å². The van der Waals surface area contributed by atoms with Crippen molar-refractivity contribution >= 4 is 45.8 Å². The molecule has 6 nitrogen and oxygen atoms in total. The molecule has 0 bridgehead atoms. The minimum absolute atomic E-state index is 0.181. The topological polar surface area (TPSA) is 67.2 Å². The molecule has 1 atom stereocenters. The van der Waals surface area contributed by atoms with Gasteiger partial charge in [0.2, 0.25) is 0 Å². The first kappa shape index (κ1) is 23.8. The molecule has 8 heteroatoms. The van der Waals surface area contributed by atoms with Gasteiger partial charge >= 0.3 is 6.03 Å². The van der Waals surface area contributed by atoms with E-state index < -0.39 is 6.04 Å². The smallest absolute Gasteiger partial charge is 0.318 e. The zero-order valence-corrected chi connectivity index (χ0v) is 20.8. The van der Waals surface area contributed by atoms with Gasteiger partial charge in [-0.05, 0) is 68.3 Å². The number of amides is 2. The first-order chi connectivity index (χ1) is 16.2. The molecule has 0 radical (unpaired) electrons. The Morgan fingerprint density at radius 2 is 1.76 bits per heavy atom. The van der Waals surface area contributed by atoms with Crippen molar-refractivity contribution < 1.29 is 4.79 Å². The summed E-state index contributed by atoms with van der Waals surface area (Å²) in [5.74, 6) is 0.462. The minimum Gasteiger partial charge on any atom is -0.318 e. The number of carbonyl (C=O) groups excluding carboxylic acids is 1. The van der Waals surface area contributed by atoms with Crippen LogP contribution in [0.1, 0.15) is 29.9 Å². The van der Waals surface area contributed by atoms with E-state index in [1.165, 1.54) is 4.90 Å². The molecule has 1 aromatic heterocycles. The Morgan fingerprint density at radius 1 is 1.03 bits per heavy atom. The molecule has 0 spiro atoms. The summed E-state index contributed by atoms with van der Waals surface area (Å²) < 4.78 is 1.61. The molecule has 1 unspecified atom stereocenters. The summed E-state index contributed by atoms with van der Waals surface area (Å²) >= 11 is 12.1. The van der Waals surface area contributed by atoms with E-state index in [2.05, 4.69) is 5.32 Å². The lowest BCUT2D eigenvalue weighted by atomic mass is 10.1. The highest BCUT2D eigenvalue weighted by molar-refractivity contribution is 6.42. The number of hydrogen-bond acceptors (Lipinski definition) is 3. The van der Waals surface area contributed by atoms with E-state index in [1.807, 2.05) is 51.1 Å². The largest absolute Gasteiger partial charge is 0.322 e. The van der Waals surface area contributed by atoms with Crippen LogP contribution in [0.25, 0.3) is 16.6 Å². The summed E-state index contributed by atoms with van der Waals surface area (Å²) in [5.41, 5.74) is 3.60. The maximum Gasteiger partial charge on any atom is 0.322 e. The maximum atomic E-state index is 13.6. The Kier molecular flexibility index (Phi) is 6.64. The fourth-order valence-corrected chi connectivity index (χ4v) is 4.06. The number of aryl methyl sites for hydroxylation is 2. The standard InChI is InChI=1S/C26H24Cl2N4O2/c1-15-9-10-16(2)23(13-15)32-24(30-22-8-6-5-7-19(22)25(32)33)17(3)31(4)26(34)29-18-11-12-20(27)21(28)14-18/h5-14,17H,1-4H3,(H,29,34). The van der Waals surface area contributed by atoms with E-state index in [9.17, 15) is 9.59 Å². The van der Waals surface area contributed by atoms with E-state index in [-0.39, 0.29) is 11.6 Å². The van der Waals surface area contributed by atoms with Gasteiger partial charge < -0.3 is 10.2 Å². The average Bonchev–Trinajstić information content (AvgIpc) is 2.82. The number of aromatic nitrogens is 2. The third kappa shape index (κ3) is 4.52. The molecular formula is C26H24Cl2N4O2. The van der Waals surface area contributed by atoms with Crippen molar-refractivity contribution in [3.63, 3.8) is 0 Å². The van der Waals surface area contributed by atoms with Crippen molar-refractivity contribution in [2.45, 2.75) is 26.8 Å². The Hall–Kier alpha value is -3.35. The second-order valence-electron chi connectivity index (χ2n) is 8.26. The lowest BCUT2D eigenvalue weighted by Gasteiger charge is -2.27. The van der Waals surface area contributed by atoms with Crippen LogP contribution >= 0.6 is 23.2 Å². The van der Waals surface area contributed by atoms with Gasteiger partial charge in [-0.3, -0.25) is 9.36 Å². The number of carbonyl (C=O) groups is 1. The first-order valence-corrected chi connectivity index (χ1v) is 11.5. The van der Waals surface area contributed by atoms with Gasteiger partial charge in [-0.15, -0.1) is 0 Å². The molecule has 0 fully saturated rings. The monoisotopic (exact) mass is 494 g/mol. The highest BCUT2D eigenvalue weighted by atomic mass is 35.5. The number of rotatable bonds is 4. The molecule has 0 saturated carbocycles. The van der Waals surface area contributed by atoms with Gasteiger partial charge in [-0.1, -0.05) is 47.5 Å². The number of nitrogens with zero attached hydrogens (tertiary/aromatic N) is 3. The van der Waals surface area contributed by atoms with Gasteiger partial charge in [0.05, 0.1) is 32.7 Å². The van der Waals surface area contributed by atoms with E-state index in [0.717, 1.165) is 16.8 Å². The highest BCUT2D eigenvalue weighted by Gasteiger charge is 2.25. The third-order valence-electron chi connectivity index (χ3n) is 5.85. The average molecular weight is 495 g/mol. The summed E-state index contributed by atoms with van der Waals surface area (Å²) in [6.07, 6.45) is 0. The Bertz CT molecular complexity index is 1470. The molecule has 0 aliphatic carbocycles. The van der Waals surface area contributed by atoms with Crippen LogP contribution in [0, 0.1) is 13.8 Å². The summed E-state index contributed by atoms with van der Waals surface area (Å²) in [5, 5.41) is 4.08. The van der Waals surface area contributed by atoms with Crippen molar-refractivity contribution in [2.24, 2.45) is 0 Å². The minimum atomic E-state index is -0.528. The number of para-hydroxylation sites is 1. The predicted molar refractivity (Wildman–Crippen MR) is 138 cm³/mol. The van der Waals surface area contributed by atoms with E-state index >= 15 is 0 Å². The van der Waals surface area contributed by atoms with Gasteiger partial charge in [-0.2, -0.15) is 0 Å². The van der Waals surface area contributed by atoms with Crippen LogP contribution in [0.3, 0.4) is 0 Å². The van der Waals surface area contributed by atoms with Crippen molar-refractivity contribution in [1.82, 2.24) is 14.5 Å². The number of nitrogens with one attached hydrogen (secondary N) is 1. The molecular weight excluding hydrogens is 471 g/mol. The quantitative estimate of drug-likeness (QED) is 0.350. The number of fused-ring (bicyclic) bond motifs is 1. The van der Waals surface area contributed by atoms with Crippen molar-refractivity contribution in [3.8, 4) is 5.69 Å². The summed E-state index contributed by atoms with van der Waals surface area (Å²) in [4.78, 5) is 33.0. The molecule has 174 valence electrons. The highest BCUT2D eigenvalue weighted by Crippen LogP contribution is 2.27. The van der Waals surface area contributed by atoms with Gasteiger partial charge in [0, 0.05) is 12.7 Å². The lowest BCUT2D eigenvalue weighted by molar-refractivity contribution is 0.205. The van der Waals surface area contributed by atoms with Crippen LogP contribution in [0.5, 0.6) is 0 Å². The zero-order chi connectivity index (χ0) is 24.6. The molecule has 2 amide bonds. The van der Waals surface area contributed by atoms with Crippen molar-refractivity contribution in [3.05, 3.63) is 98.0 Å². The van der Waals surface area contributed by atoms with E-state index in [4.69, 9.17) is 28.2 Å². The SMILES string of the molecule is Cc1ccc(C)c(-n2c(C(C)N(C)C(=O)Nc3ccc(Cl)c(Cl)c3)nc3ccccc3c2=O)c1. The molecule has 3 aromatic carbocycles. The Labute approximate surface area is 207 Å². The predicted octanol–water partition coefficient (Wildman–Crippen LogP) is 6.53. The van der Waals surface area contributed by atoms with Crippen LogP contribution in [-0.2, 0) is 0 Å². The van der Waals surface area contributed by atoms with Crippen LogP contribution in [-0.4, -0.2) is 27.5 Å². The third-order valence-corrected chi connectivity index (χ3v) is 6.59.